The van der Waals surface area contributed by atoms with Gasteiger partial charge in [0, 0.05) is 114 Å². The molecule has 0 aromatic heterocycles. The van der Waals surface area contributed by atoms with Crippen molar-refractivity contribution in [3.05, 3.63) is 485 Å². The molecule has 15 aromatic rings. The molecule has 0 fully saturated rings. The summed E-state index contributed by atoms with van der Waals surface area (Å²) in [5.74, 6) is -0.448. The van der Waals surface area contributed by atoms with Gasteiger partial charge in [0.1, 0.15) is 64.7 Å². The largest absolute Gasteiger partial charge is 1.00 e. The minimum Gasteiger partial charge on any atom is -1.00 e. The number of amides is 9. The number of benzene rings is 15. The number of para-hydroxylation sites is 4. The van der Waals surface area contributed by atoms with Crippen LogP contribution in [0.15, 0.2) is 406 Å². The van der Waals surface area contributed by atoms with Gasteiger partial charge in [-0.25, -0.2) is 35.6 Å². The van der Waals surface area contributed by atoms with Crippen molar-refractivity contribution in [1.29, 1.82) is 0 Å². The lowest BCUT2D eigenvalue weighted by atomic mass is 10.1. The van der Waals surface area contributed by atoms with Gasteiger partial charge in [-0.2, -0.15) is 0 Å². The van der Waals surface area contributed by atoms with Crippen LogP contribution in [-0.4, -0.2) is 74.3 Å². The average Bonchev–Trinajstić information content (AvgIpc) is 0.859. The summed E-state index contributed by atoms with van der Waals surface area (Å²) < 4.78 is 67.6. The standard InChI is InChI=1S/C37H35FN4O2.2C36H34N4O2.2CH4O3S.ClH/c1-27-7-17-33(18-8-27)39-36(43)23-28-9-11-30(12-10-28)25-42(24-29-5-3-2-4-6-29)26-31-13-19-34(20-14-31)40-37(44)41-35-21-15-32(38)16-22-35;2*41-35(37-32-12-6-2-7-13-32)24-28-16-18-30(19-17-28)26-40(25-29-10-4-1-5-11-29)27-31-20-22-34(23-21-31)39-36(42)38-33-14-8-3-9-15-33;2*1-5(2,3)4;/h2-22H,23-26H2,1H3,(H,39,43)(H2,40,41,44);2*1-23H,24-27H2,(H,37,41)(H2,38,39,42);2*1H3,(H,2,3,4);1H. The molecule has 0 spiro atoms. The zero-order chi connectivity index (χ0) is 97.7. The van der Waals surface area contributed by atoms with Crippen LogP contribution in [0.25, 0.3) is 0 Å². The minimum atomic E-state index is -3.92. The van der Waals surface area contributed by atoms with Gasteiger partial charge in [-0.1, -0.05) is 291 Å². The summed E-state index contributed by atoms with van der Waals surface area (Å²) in [4.78, 5) is 78.7. The molecular formula is C111H112ClFN12O12S2. The van der Waals surface area contributed by atoms with Gasteiger partial charge >= 0.3 is 18.1 Å². The first-order valence-corrected chi connectivity index (χ1v) is 48.3. The van der Waals surface area contributed by atoms with Crippen LogP contribution in [0.2, 0.25) is 0 Å². The second kappa shape index (κ2) is 55.5. The molecule has 15 aromatic carbocycles. The Hall–Kier alpha value is -15.6. The zero-order valence-electron chi connectivity index (χ0n) is 77.1. The Balaban J connectivity index is 0.000000204. The molecule has 24 nitrogen and oxygen atoms in total. The Bertz CT molecular complexity index is 5950. The summed E-state index contributed by atoms with van der Waals surface area (Å²) in [7, 11) is -7.83. The monoisotopic (exact) mass is 1920 g/mol. The van der Waals surface area contributed by atoms with E-state index in [0.29, 0.717) is 43.1 Å². The summed E-state index contributed by atoms with van der Waals surface area (Å²) in [5, 5.41) is 25.9. The SMILES string of the molecule is CS(=O)(=O)[O-].CS(=O)(=O)[O-].Cc1ccc(NC(=O)Cc2ccc(C[NH+](Cc3ccccc3)Cc3ccc(NC(=O)Nc4ccc(F)cc4)cc3)cc2)cc1.O=C(Cc1ccc(C[NH+](Cc2ccccc2)Cc2ccc(NC(=O)Nc3ccccc3)cc2)cc1)Nc1ccccc1.O=C(Cc1ccc(C[NH+](Cc2ccccc2)Cc2ccc(NC(=O)Nc3ccccc3)cc2)cc1)Nc1ccccc1.[Cl-]. The van der Waals surface area contributed by atoms with Crippen molar-refractivity contribution in [3.63, 3.8) is 0 Å². The van der Waals surface area contributed by atoms with Crippen molar-refractivity contribution in [3.8, 4) is 0 Å². The number of aryl methyl sites for hydroxylation is 1. The quantitative estimate of drug-likeness (QED) is 0.0171. The average molecular weight is 1920 g/mol. The molecule has 0 aliphatic rings. The first-order chi connectivity index (χ1) is 66.5. The number of rotatable bonds is 33. The van der Waals surface area contributed by atoms with E-state index in [1.807, 2.05) is 256 Å². The molecule has 3 unspecified atom stereocenters. The predicted molar refractivity (Wildman–Crippen MR) is 544 cm³/mol. The Labute approximate surface area is 818 Å². The van der Waals surface area contributed by atoms with Crippen molar-refractivity contribution in [2.75, 3.05) is 60.4 Å². The second-order valence-electron chi connectivity index (χ2n) is 33.0. The van der Waals surface area contributed by atoms with Crippen molar-refractivity contribution < 1.29 is 86.2 Å². The molecule has 0 saturated carbocycles. The summed E-state index contributed by atoms with van der Waals surface area (Å²) >= 11 is 0. The van der Waals surface area contributed by atoms with E-state index in [4.69, 9.17) is 25.9 Å². The molecular weight excluding hydrogens is 1810 g/mol. The Morgan fingerprint density at radius 3 is 0.576 bits per heavy atom. The van der Waals surface area contributed by atoms with E-state index in [9.17, 15) is 33.2 Å². The maximum absolute atomic E-state index is 13.1. The lowest BCUT2D eigenvalue weighted by molar-refractivity contribution is -0.941. The van der Waals surface area contributed by atoms with Gasteiger partial charge in [0.2, 0.25) is 17.7 Å². The fraction of sp³-hybridized carbons (Fsp3) is 0.135. The van der Waals surface area contributed by atoms with Gasteiger partial charge in [-0.15, -0.1) is 0 Å². The molecule has 0 aliphatic heterocycles. The fourth-order valence-corrected chi connectivity index (χ4v) is 14.7. The maximum Gasteiger partial charge on any atom is 0.323 e. The number of carbonyl (C=O) groups excluding carboxylic acids is 6. The van der Waals surface area contributed by atoms with Gasteiger partial charge in [0.05, 0.1) is 39.5 Å². The number of nitrogens with one attached hydrogen (secondary N) is 12. The molecule has 714 valence electrons. The first kappa shape index (κ1) is 106. The van der Waals surface area contributed by atoms with Crippen LogP contribution in [0.5, 0.6) is 0 Å². The summed E-state index contributed by atoms with van der Waals surface area (Å²) in [6.07, 6.45) is 2.19. The highest BCUT2D eigenvalue weighted by Gasteiger charge is 2.19. The number of anilines is 9. The molecule has 28 heteroatoms. The normalized spacial score (nSPS) is 11.3. The van der Waals surface area contributed by atoms with Crippen LogP contribution < -0.4 is 75.0 Å². The zero-order valence-corrected chi connectivity index (χ0v) is 79.5. The van der Waals surface area contributed by atoms with E-state index < -0.39 is 26.3 Å². The highest BCUT2D eigenvalue weighted by Crippen LogP contribution is 2.20. The minimum absolute atomic E-state index is 0. The molecule has 139 heavy (non-hydrogen) atoms. The van der Waals surface area contributed by atoms with Crippen molar-refractivity contribution in [2.24, 2.45) is 0 Å². The molecule has 12 N–H and O–H groups in total. The van der Waals surface area contributed by atoms with E-state index in [0.717, 1.165) is 127 Å². The number of hydrogen-bond acceptors (Lipinski definition) is 12. The molecule has 15 rings (SSSR count). The number of urea groups is 3. The van der Waals surface area contributed by atoms with Gasteiger partial charge in [-0.05, 0) is 145 Å². The van der Waals surface area contributed by atoms with Crippen LogP contribution in [0.1, 0.15) is 72.3 Å². The summed E-state index contributed by atoms with van der Waals surface area (Å²) in [6.45, 7) is 9.55. The maximum atomic E-state index is 13.1. The van der Waals surface area contributed by atoms with E-state index in [1.54, 1.807) is 0 Å². The van der Waals surface area contributed by atoms with Crippen LogP contribution in [0, 0.1) is 12.7 Å². The summed E-state index contributed by atoms with van der Waals surface area (Å²) in [5.41, 5.74) is 21.6. The predicted octanol–water partition coefficient (Wildman–Crippen LogP) is 14.7. The molecule has 0 aliphatic carbocycles. The Morgan fingerprint density at radius 1 is 0.223 bits per heavy atom. The number of quaternary nitrogens is 3. The molecule has 0 radical (unpaired) electrons. The molecule has 3 atom stereocenters. The number of halogens is 2. The Morgan fingerprint density at radius 2 is 0.367 bits per heavy atom. The highest BCUT2D eigenvalue weighted by molar-refractivity contribution is 7.85. The van der Waals surface area contributed by atoms with Gasteiger partial charge < -0.3 is 84.1 Å². The first-order valence-electron chi connectivity index (χ1n) is 44.7. The van der Waals surface area contributed by atoms with Crippen LogP contribution in [-0.2, 0) is 113 Å². The lowest BCUT2D eigenvalue weighted by Gasteiger charge is -2.20. The van der Waals surface area contributed by atoms with Crippen LogP contribution in [0.3, 0.4) is 0 Å². The van der Waals surface area contributed by atoms with E-state index in [1.165, 1.54) is 83.5 Å². The molecule has 0 bridgehead atoms. The summed E-state index contributed by atoms with van der Waals surface area (Å²) in [6, 6.07) is 130. The topological polar surface area (TPSA) is 338 Å². The number of hydrogen-bond donors (Lipinski definition) is 12. The number of carbonyl (C=O) groups is 6. The molecule has 9 amide bonds. The van der Waals surface area contributed by atoms with Crippen LogP contribution in [0.4, 0.5) is 70.0 Å². The third-order valence-electron chi connectivity index (χ3n) is 21.0. The molecule has 0 saturated heterocycles. The highest BCUT2D eigenvalue weighted by atomic mass is 35.5. The van der Waals surface area contributed by atoms with Crippen LogP contribution >= 0.6 is 0 Å². The van der Waals surface area contributed by atoms with Gasteiger partial charge in [0.15, 0.2) is 0 Å². The smallest absolute Gasteiger partial charge is 0.323 e. The van der Waals surface area contributed by atoms with Gasteiger partial charge in [-0.3, -0.25) is 14.4 Å². The Kier molecular flexibility index (Phi) is 42.1. The third-order valence-corrected chi connectivity index (χ3v) is 21.0. The van der Waals surface area contributed by atoms with Gasteiger partial charge in [0.25, 0.3) is 0 Å². The second-order valence-corrected chi connectivity index (χ2v) is 35.8. The molecule has 0 heterocycles. The van der Waals surface area contributed by atoms with E-state index in [2.05, 4.69) is 181 Å². The fourth-order valence-electron chi connectivity index (χ4n) is 14.7. The third kappa shape index (κ3) is 42.5. The lowest BCUT2D eigenvalue weighted by Crippen LogP contribution is -3.08. The van der Waals surface area contributed by atoms with E-state index >= 15 is 0 Å². The van der Waals surface area contributed by atoms with Crippen molar-refractivity contribution >= 4 is 107 Å². The van der Waals surface area contributed by atoms with E-state index in [-0.39, 0.29) is 48.0 Å². The van der Waals surface area contributed by atoms with Crippen molar-refractivity contribution in [2.45, 2.75) is 85.1 Å². The van der Waals surface area contributed by atoms with Crippen molar-refractivity contribution in [1.82, 2.24) is 0 Å².